The van der Waals surface area contributed by atoms with E-state index in [1.165, 1.54) is 6.07 Å². The van der Waals surface area contributed by atoms with Crippen LogP contribution in [0.3, 0.4) is 0 Å². The van der Waals surface area contributed by atoms with E-state index >= 15 is 0 Å². The van der Waals surface area contributed by atoms with Crippen LogP contribution in [0.5, 0.6) is 5.75 Å². The molecule has 1 aliphatic rings. The summed E-state index contributed by atoms with van der Waals surface area (Å²) in [4.78, 5) is 0. The smallest absolute Gasteiger partial charge is 0.146 e. The van der Waals surface area contributed by atoms with Crippen LogP contribution >= 0.6 is 15.9 Å². The van der Waals surface area contributed by atoms with Gasteiger partial charge in [0.1, 0.15) is 11.6 Å². The average molecular weight is 232 g/mol. The minimum absolute atomic E-state index is 0.295. The second kappa shape index (κ2) is 2.62. The number of ether oxygens (including phenoxy) is 1. The molecule has 0 aromatic heterocycles. The number of anilines is 1. The van der Waals surface area contributed by atoms with E-state index in [0.717, 1.165) is 12.0 Å². The maximum Gasteiger partial charge on any atom is 0.146 e. The molecule has 0 bridgehead atoms. The van der Waals surface area contributed by atoms with Gasteiger partial charge in [0.15, 0.2) is 0 Å². The van der Waals surface area contributed by atoms with Gasteiger partial charge < -0.3 is 10.5 Å². The topological polar surface area (TPSA) is 35.2 Å². The fourth-order valence-electron chi connectivity index (χ4n) is 1.30. The standard InChI is InChI=1S/C8H7BrFNO/c9-6-5(10)3-4-1-2-12-8(4)7(6)11/h3H,1-2,11H2. The lowest BCUT2D eigenvalue weighted by Crippen LogP contribution is -1.94. The normalized spacial score (nSPS) is 14.2. The van der Waals surface area contributed by atoms with E-state index in [0.29, 0.717) is 22.5 Å². The summed E-state index contributed by atoms with van der Waals surface area (Å²) in [6.07, 6.45) is 0.740. The zero-order valence-electron chi connectivity index (χ0n) is 6.23. The Morgan fingerprint density at radius 1 is 1.58 bits per heavy atom. The Hall–Kier alpha value is -0.770. The van der Waals surface area contributed by atoms with Crippen LogP contribution in [-0.4, -0.2) is 6.61 Å². The molecule has 0 saturated heterocycles. The van der Waals surface area contributed by atoms with Gasteiger partial charge in [0.2, 0.25) is 0 Å². The minimum Gasteiger partial charge on any atom is -0.491 e. The largest absolute Gasteiger partial charge is 0.491 e. The van der Waals surface area contributed by atoms with Crippen LogP contribution < -0.4 is 10.5 Å². The lowest BCUT2D eigenvalue weighted by molar-refractivity contribution is 0.358. The zero-order valence-corrected chi connectivity index (χ0v) is 7.82. The number of nitrogen functional groups attached to an aromatic ring is 1. The van der Waals surface area contributed by atoms with Crippen molar-refractivity contribution in [3.8, 4) is 5.75 Å². The van der Waals surface area contributed by atoms with E-state index in [-0.39, 0.29) is 5.82 Å². The molecule has 64 valence electrons. The van der Waals surface area contributed by atoms with Crippen molar-refractivity contribution in [2.24, 2.45) is 0 Å². The summed E-state index contributed by atoms with van der Waals surface area (Å²) in [5.74, 6) is 0.306. The fourth-order valence-corrected chi connectivity index (χ4v) is 1.60. The summed E-state index contributed by atoms with van der Waals surface area (Å²) < 4.78 is 18.6. The predicted octanol–water partition coefficient (Wildman–Crippen LogP) is 2.11. The number of hydrogen-bond donors (Lipinski definition) is 1. The molecule has 0 amide bonds. The highest BCUT2D eigenvalue weighted by molar-refractivity contribution is 9.10. The average Bonchev–Trinajstić information content (AvgIpc) is 2.48. The highest BCUT2D eigenvalue weighted by atomic mass is 79.9. The number of benzene rings is 1. The van der Waals surface area contributed by atoms with Crippen molar-refractivity contribution in [3.05, 3.63) is 21.9 Å². The van der Waals surface area contributed by atoms with Crippen molar-refractivity contribution < 1.29 is 9.13 Å². The van der Waals surface area contributed by atoms with Gasteiger partial charge in [-0.25, -0.2) is 4.39 Å². The van der Waals surface area contributed by atoms with E-state index in [1.54, 1.807) is 0 Å². The Kier molecular flexibility index (Phi) is 1.72. The zero-order chi connectivity index (χ0) is 8.72. The molecule has 2 nitrogen and oxygen atoms in total. The van der Waals surface area contributed by atoms with Crippen molar-refractivity contribution in [1.29, 1.82) is 0 Å². The minimum atomic E-state index is -0.322. The Morgan fingerprint density at radius 3 is 3.08 bits per heavy atom. The summed E-state index contributed by atoms with van der Waals surface area (Å²) in [6.45, 7) is 0.593. The van der Waals surface area contributed by atoms with Gasteiger partial charge >= 0.3 is 0 Å². The molecule has 2 rings (SSSR count). The van der Waals surface area contributed by atoms with E-state index in [2.05, 4.69) is 15.9 Å². The number of rotatable bonds is 0. The van der Waals surface area contributed by atoms with Gasteiger partial charge in [-0.15, -0.1) is 0 Å². The number of nitrogens with two attached hydrogens (primary N) is 1. The van der Waals surface area contributed by atoms with Gasteiger partial charge in [0, 0.05) is 12.0 Å². The van der Waals surface area contributed by atoms with Crippen LogP contribution in [0.25, 0.3) is 0 Å². The van der Waals surface area contributed by atoms with Crippen molar-refractivity contribution in [2.45, 2.75) is 6.42 Å². The van der Waals surface area contributed by atoms with Gasteiger partial charge in [-0.1, -0.05) is 0 Å². The van der Waals surface area contributed by atoms with Gasteiger partial charge in [0.05, 0.1) is 16.8 Å². The molecule has 4 heteroatoms. The molecular weight excluding hydrogens is 225 g/mol. The summed E-state index contributed by atoms with van der Waals surface area (Å²) in [5.41, 5.74) is 6.84. The van der Waals surface area contributed by atoms with Crippen LogP contribution in [0.1, 0.15) is 5.56 Å². The molecule has 0 atom stereocenters. The van der Waals surface area contributed by atoms with Crippen LogP contribution in [0, 0.1) is 5.82 Å². The Morgan fingerprint density at radius 2 is 2.33 bits per heavy atom. The Bertz CT molecular complexity index is 340. The number of fused-ring (bicyclic) bond motifs is 1. The third-order valence-corrected chi connectivity index (χ3v) is 2.71. The third kappa shape index (κ3) is 0.982. The van der Waals surface area contributed by atoms with Crippen molar-refractivity contribution in [2.75, 3.05) is 12.3 Å². The second-order valence-electron chi connectivity index (χ2n) is 2.67. The molecule has 0 saturated carbocycles. The molecule has 0 fully saturated rings. The second-order valence-corrected chi connectivity index (χ2v) is 3.47. The van der Waals surface area contributed by atoms with Crippen LogP contribution in [0.4, 0.5) is 10.1 Å². The van der Waals surface area contributed by atoms with Crippen molar-refractivity contribution in [1.82, 2.24) is 0 Å². The highest BCUT2D eigenvalue weighted by Gasteiger charge is 2.19. The van der Waals surface area contributed by atoms with Gasteiger partial charge in [-0.05, 0) is 22.0 Å². The highest BCUT2D eigenvalue weighted by Crippen LogP contribution is 2.38. The van der Waals surface area contributed by atoms with Crippen LogP contribution in [-0.2, 0) is 6.42 Å². The lowest BCUT2D eigenvalue weighted by Gasteiger charge is -2.05. The molecular formula is C8H7BrFNO. The maximum absolute atomic E-state index is 13.1. The first-order valence-corrected chi connectivity index (χ1v) is 4.38. The first kappa shape index (κ1) is 7.86. The first-order chi connectivity index (χ1) is 5.70. The third-order valence-electron chi connectivity index (χ3n) is 1.90. The molecule has 12 heavy (non-hydrogen) atoms. The fraction of sp³-hybridized carbons (Fsp3) is 0.250. The molecule has 1 heterocycles. The Balaban J connectivity index is 2.67. The monoisotopic (exact) mass is 231 g/mol. The van der Waals surface area contributed by atoms with E-state index in [9.17, 15) is 4.39 Å². The summed E-state index contributed by atoms with van der Waals surface area (Å²) in [7, 11) is 0. The molecule has 0 unspecified atom stereocenters. The molecule has 1 aromatic carbocycles. The Labute approximate surface area is 77.6 Å². The van der Waals surface area contributed by atoms with E-state index in [1.807, 2.05) is 0 Å². The van der Waals surface area contributed by atoms with Gasteiger partial charge in [-0.2, -0.15) is 0 Å². The molecule has 2 N–H and O–H groups in total. The van der Waals surface area contributed by atoms with Crippen LogP contribution in [0.2, 0.25) is 0 Å². The van der Waals surface area contributed by atoms with Crippen molar-refractivity contribution >= 4 is 21.6 Å². The van der Waals surface area contributed by atoms with Crippen LogP contribution in [0.15, 0.2) is 10.5 Å². The van der Waals surface area contributed by atoms with Gasteiger partial charge in [0.25, 0.3) is 0 Å². The molecule has 0 aliphatic carbocycles. The molecule has 1 aromatic rings. The number of hydrogen-bond acceptors (Lipinski definition) is 2. The SMILES string of the molecule is Nc1c(Br)c(F)cc2c1OCC2. The maximum atomic E-state index is 13.1. The van der Waals surface area contributed by atoms with E-state index < -0.39 is 0 Å². The summed E-state index contributed by atoms with van der Waals surface area (Å²) >= 11 is 3.05. The first-order valence-electron chi connectivity index (χ1n) is 3.59. The predicted molar refractivity (Wildman–Crippen MR) is 47.7 cm³/mol. The quantitative estimate of drug-likeness (QED) is 0.695. The summed E-state index contributed by atoms with van der Waals surface area (Å²) in [5, 5.41) is 0. The molecule has 0 radical (unpaired) electrons. The van der Waals surface area contributed by atoms with Gasteiger partial charge in [-0.3, -0.25) is 0 Å². The van der Waals surface area contributed by atoms with E-state index in [4.69, 9.17) is 10.5 Å². The van der Waals surface area contributed by atoms with Crippen molar-refractivity contribution in [3.63, 3.8) is 0 Å². The number of halogens is 2. The molecule has 0 spiro atoms. The lowest BCUT2D eigenvalue weighted by atomic mass is 10.1. The molecule has 1 aliphatic heterocycles. The summed E-state index contributed by atoms with van der Waals surface area (Å²) in [6, 6.07) is 1.46.